The van der Waals surface area contributed by atoms with Crippen molar-refractivity contribution in [2.24, 2.45) is 0 Å². The van der Waals surface area contributed by atoms with Gasteiger partial charge in [-0.05, 0) is 25.2 Å². The van der Waals surface area contributed by atoms with E-state index >= 15 is 0 Å². The molecule has 0 aliphatic carbocycles. The second kappa shape index (κ2) is 5.90. The van der Waals surface area contributed by atoms with E-state index in [2.05, 4.69) is 5.32 Å². The van der Waals surface area contributed by atoms with Gasteiger partial charge in [0.25, 0.3) is 0 Å². The zero-order valence-electron chi connectivity index (χ0n) is 7.63. The van der Waals surface area contributed by atoms with E-state index in [1.807, 2.05) is 0 Å². The average Bonchev–Trinajstić information content (AvgIpc) is 2.13. The van der Waals surface area contributed by atoms with Crippen molar-refractivity contribution < 1.29 is 13.9 Å². The van der Waals surface area contributed by atoms with E-state index in [1.165, 1.54) is 0 Å². The molecule has 0 amide bonds. The molecule has 1 unspecified atom stereocenters. The van der Waals surface area contributed by atoms with Crippen molar-refractivity contribution in [3.05, 3.63) is 35.4 Å². The molecule has 0 aliphatic heterocycles. The summed E-state index contributed by atoms with van der Waals surface area (Å²) in [7, 11) is 1.57. The van der Waals surface area contributed by atoms with Gasteiger partial charge < -0.3 is 10.4 Å². The molecule has 0 aromatic heterocycles. The quantitative estimate of drug-likeness (QED) is 0.817. The number of nitrogens with one attached hydrogen (secondary N) is 1. The number of likely N-dealkylation sites (N-methyl/N-ethyl adjacent to an activating group) is 1. The van der Waals surface area contributed by atoms with Gasteiger partial charge in [-0.2, -0.15) is 0 Å². The van der Waals surface area contributed by atoms with Gasteiger partial charge in [0.15, 0.2) is 0 Å². The molecule has 1 atom stereocenters. The molecule has 5 heteroatoms. The fourth-order valence-corrected chi connectivity index (χ4v) is 1.13. The first-order chi connectivity index (χ1) is 6.19. The summed E-state index contributed by atoms with van der Waals surface area (Å²) in [5.41, 5.74) is 0.144. The van der Waals surface area contributed by atoms with E-state index < -0.39 is 17.7 Å². The number of aliphatic hydroxyl groups is 1. The summed E-state index contributed by atoms with van der Waals surface area (Å²) in [5.74, 6) is -1.03. The Morgan fingerprint density at radius 2 is 2.07 bits per heavy atom. The van der Waals surface area contributed by atoms with Crippen molar-refractivity contribution in [2.75, 3.05) is 13.7 Å². The zero-order valence-corrected chi connectivity index (χ0v) is 8.44. The fourth-order valence-electron chi connectivity index (χ4n) is 1.13. The Kier molecular flexibility index (Phi) is 5.60. The molecular formula is C9H12ClF2NO. The van der Waals surface area contributed by atoms with Gasteiger partial charge in [-0.1, -0.05) is 0 Å². The lowest BCUT2D eigenvalue weighted by molar-refractivity contribution is 0.247. The van der Waals surface area contributed by atoms with Gasteiger partial charge in [-0.25, -0.2) is 8.78 Å². The average molecular weight is 224 g/mol. The van der Waals surface area contributed by atoms with E-state index in [1.54, 1.807) is 7.05 Å². The summed E-state index contributed by atoms with van der Waals surface area (Å²) in [4.78, 5) is 0. The molecule has 0 radical (unpaired) electrons. The Bertz CT molecular complexity index is 292. The van der Waals surface area contributed by atoms with Gasteiger partial charge in [-0.15, -0.1) is 12.4 Å². The Morgan fingerprint density at radius 1 is 1.43 bits per heavy atom. The summed E-state index contributed by atoms with van der Waals surface area (Å²) in [6, 6.07) is 2.61. The van der Waals surface area contributed by atoms with Crippen molar-refractivity contribution >= 4 is 12.4 Å². The van der Waals surface area contributed by atoms with E-state index in [9.17, 15) is 8.78 Å². The maximum atomic E-state index is 13.1. The Morgan fingerprint density at radius 3 is 2.57 bits per heavy atom. The van der Waals surface area contributed by atoms with Gasteiger partial charge in [0.1, 0.15) is 11.6 Å². The van der Waals surface area contributed by atoms with Crippen LogP contribution in [0.2, 0.25) is 0 Å². The minimum absolute atomic E-state index is 0. The summed E-state index contributed by atoms with van der Waals surface area (Å²) < 4.78 is 25.8. The highest BCUT2D eigenvalue weighted by Gasteiger charge is 2.13. The van der Waals surface area contributed by atoms with Crippen molar-refractivity contribution in [3.63, 3.8) is 0 Å². The van der Waals surface area contributed by atoms with Crippen LogP contribution in [0.1, 0.15) is 11.6 Å². The van der Waals surface area contributed by atoms with Crippen LogP contribution in [0.5, 0.6) is 0 Å². The normalized spacial score (nSPS) is 12.0. The first kappa shape index (κ1) is 13.3. The highest BCUT2D eigenvalue weighted by molar-refractivity contribution is 5.85. The zero-order chi connectivity index (χ0) is 9.84. The van der Waals surface area contributed by atoms with Crippen LogP contribution >= 0.6 is 12.4 Å². The monoisotopic (exact) mass is 223 g/mol. The number of halogens is 3. The van der Waals surface area contributed by atoms with Crippen LogP contribution in [-0.4, -0.2) is 18.8 Å². The molecule has 0 saturated heterocycles. The lowest BCUT2D eigenvalue weighted by atomic mass is 10.1. The molecule has 0 saturated carbocycles. The van der Waals surface area contributed by atoms with E-state index in [0.717, 1.165) is 18.2 Å². The summed E-state index contributed by atoms with van der Waals surface area (Å²) >= 11 is 0. The van der Waals surface area contributed by atoms with Gasteiger partial charge in [-0.3, -0.25) is 0 Å². The van der Waals surface area contributed by atoms with Gasteiger partial charge in [0, 0.05) is 5.56 Å². The molecule has 0 heterocycles. The molecule has 0 fully saturated rings. The van der Waals surface area contributed by atoms with Crippen molar-refractivity contribution in [1.29, 1.82) is 0 Å². The Labute approximate surface area is 87.4 Å². The van der Waals surface area contributed by atoms with E-state index in [-0.39, 0.29) is 24.6 Å². The predicted molar refractivity (Wildman–Crippen MR) is 52.5 cm³/mol. The molecule has 14 heavy (non-hydrogen) atoms. The first-order valence-electron chi connectivity index (χ1n) is 3.92. The highest BCUT2D eigenvalue weighted by Crippen LogP contribution is 2.17. The van der Waals surface area contributed by atoms with Crippen LogP contribution in [0.15, 0.2) is 18.2 Å². The van der Waals surface area contributed by atoms with Gasteiger partial charge in [0.05, 0.1) is 12.6 Å². The molecule has 0 bridgehead atoms. The van der Waals surface area contributed by atoms with Crippen molar-refractivity contribution in [3.8, 4) is 0 Å². The highest BCUT2D eigenvalue weighted by atomic mass is 35.5. The molecule has 2 nitrogen and oxygen atoms in total. The first-order valence-corrected chi connectivity index (χ1v) is 3.92. The van der Waals surface area contributed by atoms with Gasteiger partial charge in [0.2, 0.25) is 0 Å². The number of hydrogen-bond donors (Lipinski definition) is 2. The van der Waals surface area contributed by atoms with Crippen LogP contribution in [0.4, 0.5) is 8.78 Å². The fraction of sp³-hybridized carbons (Fsp3) is 0.333. The summed E-state index contributed by atoms with van der Waals surface area (Å²) in [5, 5.41) is 11.5. The topological polar surface area (TPSA) is 32.3 Å². The van der Waals surface area contributed by atoms with Crippen LogP contribution in [-0.2, 0) is 0 Å². The number of benzene rings is 1. The third-order valence-corrected chi connectivity index (χ3v) is 1.86. The molecule has 1 rings (SSSR count). The molecule has 0 aliphatic rings. The minimum atomic E-state index is -0.560. The third kappa shape index (κ3) is 2.90. The van der Waals surface area contributed by atoms with Crippen LogP contribution in [0.25, 0.3) is 0 Å². The standard InChI is InChI=1S/C9H11F2NO.ClH/c1-12-9(5-13)7-4-6(10)2-3-8(7)11;/h2-4,9,12-13H,5H2,1H3;1H. The Balaban J connectivity index is 0.00000169. The molecule has 1 aromatic rings. The number of aliphatic hydroxyl groups excluding tert-OH is 1. The number of rotatable bonds is 3. The van der Waals surface area contributed by atoms with Crippen LogP contribution in [0, 0.1) is 11.6 Å². The molecule has 1 aromatic carbocycles. The van der Waals surface area contributed by atoms with Gasteiger partial charge >= 0.3 is 0 Å². The molecule has 80 valence electrons. The van der Waals surface area contributed by atoms with Crippen molar-refractivity contribution in [2.45, 2.75) is 6.04 Å². The molecule has 2 N–H and O–H groups in total. The Hall–Kier alpha value is -0.710. The van der Waals surface area contributed by atoms with E-state index in [4.69, 9.17) is 5.11 Å². The van der Waals surface area contributed by atoms with Crippen LogP contribution < -0.4 is 5.32 Å². The summed E-state index contributed by atoms with van der Waals surface area (Å²) in [6.45, 7) is -0.267. The maximum Gasteiger partial charge on any atom is 0.128 e. The SMILES string of the molecule is CNC(CO)c1cc(F)ccc1F.Cl. The summed E-state index contributed by atoms with van der Waals surface area (Å²) in [6.07, 6.45) is 0. The second-order valence-corrected chi connectivity index (χ2v) is 2.69. The largest absolute Gasteiger partial charge is 0.394 e. The number of hydrogen-bond acceptors (Lipinski definition) is 2. The predicted octanol–water partition coefficient (Wildman–Crippen LogP) is 1.64. The van der Waals surface area contributed by atoms with Crippen LogP contribution in [0.3, 0.4) is 0 Å². The van der Waals surface area contributed by atoms with Crippen molar-refractivity contribution in [1.82, 2.24) is 5.32 Å². The van der Waals surface area contributed by atoms with E-state index in [0.29, 0.717) is 0 Å². The lowest BCUT2D eigenvalue weighted by Gasteiger charge is -2.13. The molecule has 0 spiro atoms. The maximum absolute atomic E-state index is 13.1. The smallest absolute Gasteiger partial charge is 0.128 e. The second-order valence-electron chi connectivity index (χ2n) is 2.69. The molecular weight excluding hydrogens is 212 g/mol. The lowest BCUT2D eigenvalue weighted by Crippen LogP contribution is -2.21. The third-order valence-electron chi connectivity index (χ3n) is 1.86. The minimum Gasteiger partial charge on any atom is -0.394 e.